The topological polar surface area (TPSA) is 238 Å². The van der Waals surface area contributed by atoms with Gasteiger partial charge in [0.25, 0.3) is 0 Å². The molecule has 0 bridgehead atoms. The van der Waals surface area contributed by atoms with Gasteiger partial charge in [0.15, 0.2) is 0 Å². The molecule has 2 N–H and O–H groups in total. The molecule has 2 aromatic rings. The molecule has 2 aromatic carbocycles. The van der Waals surface area contributed by atoms with E-state index >= 15 is 0 Å². The van der Waals surface area contributed by atoms with Gasteiger partial charge in [0.05, 0.1) is 6.54 Å². The van der Waals surface area contributed by atoms with Crippen LogP contribution in [0.4, 0.5) is 28.8 Å². The third-order valence-electron chi connectivity index (χ3n) is 9.69. The van der Waals surface area contributed by atoms with E-state index in [1.807, 2.05) is 51.1 Å². The molecule has 21 heteroatoms. The first-order valence-corrected chi connectivity index (χ1v) is 26.0. The minimum atomic E-state index is -1.06. The van der Waals surface area contributed by atoms with Crippen LogP contribution >= 0.6 is 0 Å². The highest BCUT2D eigenvalue weighted by molar-refractivity contribution is 6.09. The number of amidine groups is 1. The Morgan fingerprint density at radius 2 is 1.08 bits per heavy atom. The van der Waals surface area contributed by atoms with Crippen LogP contribution in [-0.2, 0) is 28.4 Å². The van der Waals surface area contributed by atoms with Gasteiger partial charge in [0.1, 0.15) is 51.8 Å². The number of aliphatic imine (C=N–C) groups is 3. The fourth-order valence-corrected chi connectivity index (χ4v) is 6.89. The lowest BCUT2D eigenvalue weighted by atomic mass is 10.0. The summed E-state index contributed by atoms with van der Waals surface area (Å²) in [6.07, 6.45) is -1.35. The molecule has 0 aromatic heterocycles. The maximum atomic E-state index is 14.3. The van der Waals surface area contributed by atoms with Crippen LogP contribution in [0.5, 0.6) is 5.75 Å². The first-order chi connectivity index (χ1) is 34.9. The highest BCUT2D eigenvalue weighted by atomic mass is 16.6. The zero-order valence-corrected chi connectivity index (χ0v) is 48.4. The first-order valence-electron chi connectivity index (χ1n) is 26.0. The average Bonchev–Trinajstić information content (AvgIpc) is 3.22. The number of amides is 6. The fraction of sp³-hybridized carbons (Fsp3) is 0.655. The van der Waals surface area contributed by atoms with Crippen molar-refractivity contribution in [3.8, 4) is 5.75 Å². The SMILES string of the molecule is CC(C)(C)OC(=O)/N=C(/N(CCCCCCCN/C(=N\C(=O)OC(C)(C)C)NC(=O)OC(C)(C)C)C(=O)OC(C)(C)C)N(CCOc1ccc2cc(C3=NCCCN3C(=O)OC(C)(C)C)ccc2c1)C(=O)OC(C)(C)C. The number of hydrogen-bond acceptors (Lipinski definition) is 14. The number of benzene rings is 2. The van der Waals surface area contributed by atoms with Gasteiger partial charge in [-0.1, -0.05) is 37.5 Å². The maximum absolute atomic E-state index is 14.3. The van der Waals surface area contributed by atoms with E-state index in [-0.39, 0.29) is 31.6 Å². The fourth-order valence-electron chi connectivity index (χ4n) is 6.89. The lowest BCUT2D eigenvalue weighted by Gasteiger charge is -2.34. The number of rotatable bonds is 13. The summed E-state index contributed by atoms with van der Waals surface area (Å²) >= 11 is 0. The van der Waals surface area contributed by atoms with Gasteiger partial charge >= 0.3 is 36.6 Å². The molecular formula is C55H86N8O13. The van der Waals surface area contributed by atoms with Gasteiger partial charge in [-0.3, -0.25) is 15.2 Å². The molecule has 424 valence electrons. The molecule has 0 aliphatic carbocycles. The van der Waals surface area contributed by atoms with Crippen molar-refractivity contribution in [2.45, 2.75) is 197 Å². The zero-order valence-electron chi connectivity index (χ0n) is 48.4. The Kier molecular flexibility index (Phi) is 22.5. The summed E-state index contributed by atoms with van der Waals surface area (Å²) in [5.74, 6) is 0.497. The lowest BCUT2D eigenvalue weighted by Crippen LogP contribution is -2.53. The molecule has 3 rings (SSSR count). The maximum Gasteiger partial charge on any atom is 0.437 e. The number of carbonyl (C=O) groups is 6. The number of carbonyl (C=O) groups excluding carboxylic acids is 6. The van der Waals surface area contributed by atoms with E-state index in [1.165, 1.54) is 0 Å². The van der Waals surface area contributed by atoms with Gasteiger partial charge in [-0.15, -0.1) is 9.98 Å². The number of unbranched alkanes of at least 4 members (excludes halogenated alkanes) is 4. The van der Waals surface area contributed by atoms with Gasteiger partial charge in [-0.2, -0.15) is 0 Å². The van der Waals surface area contributed by atoms with E-state index in [9.17, 15) is 28.8 Å². The summed E-state index contributed by atoms with van der Waals surface area (Å²) in [6.45, 7) is 31.8. The molecule has 0 saturated heterocycles. The summed E-state index contributed by atoms with van der Waals surface area (Å²) in [5.41, 5.74) is -4.48. The number of ether oxygens (including phenoxy) is 7. The predicted octanol–water partition coefficient (Wildman–Crippen LogP) is 11.7. The van der Waals surface area contributed by atoms with Crippen LogP contribution in [0.3, 0.4) is 0 Å². The van der Waals surface area contributed by atoms with E-state index in [2.05, 4.69) is 25.6 Å². The minimum absolute atomic E-state index is 0.0317. The Labute approximate surface area is 449 Å². The van der Waals surface area contributed by atoms with Gasteiger partial charge in [0, 0.05) is 31.7 Å². The summed E-state index contributed by atoms with van der Waals surface area (Å²) < 4.78 is 39.9. The van der Waals surface area contributed by atoms with Crippen LogP contribution < -0.4 is 15.4 Å². The van der Waals surface area contributed by atoms with Crippen molar-refractivity contribution in [1.29, 1.82) is 0 Å². The Morgan fingerprint density at radius 1 is 0.579 bits per heavy atom. The van der Waals surface area contributed by atoms with Gasteiger partial charge in [-0.05, 0) is 173 Å². The van der Waals surface area contributed by atoms with Crippen LogP contribution in [0.15, 0.2) is 51.4 Å². The molecule has 0 spiro atoms. The second kappa shape index (κ2) is 26.9. The summed E-state index contributed by atoms with van der Waals surface area (Å²) in [5, 5.41) is 7.14. The zero-order chi connectivity index (χ0) is 57.5. The van der Waals surface area contributed by atoms with Crippen molar-refractivity contribution in [2.24, 2.45) is 15.0 Å². The number of hydrogen-bond donors (Lipinski definition) is 2. The van der Waals surface area contributed by atoms with Crippen LogP contribution in [-0.4, -0.2) is 142 Å². The monoisotopic (exact) mass is 1070 g/mol. The first kappa shape index (κ1) is 63.6. The normalized spacial score (nSPS) is 14.0. The van der Waals surface area contributed by atoms with Crippen molar-refractivity contribution in [3.05, 3.63) is 42.0 Å². The summed E-state index contributed by atoms with van der Waals surface area (Å²) in [4.78, 5) is 96.9. The number of fused-ring (bicyclic) bond motifs is 1. The third-order valence-corrected chi connectivity index (χ3v) is 9.69. The Hall–Kier alpha value is -6.67. The van der Waals surface area contributed by atoms with Crippen LogP contribution in [0.2, 0.25) is 0 Å². The Balaban J connectivity index is 1.88. The van der Waals surface area contributed by atoms with E-state index < -0.39 is 70.2 Å². The number of nitrogens with zero attached hydrogens (tertiary/aromatic N) is 6. The molecular weight excluding hydrogens is 981 g/mol. The molecule has 21 nitrogen and oxygen atoms in total. The van der Waals surface area contributed by atoms with Crippen molar-refractivity contribution < 1.29 is 61.9 Å². The Morgan fingerprint density at radius 3 is 1.64 bits per heavy atom. The van der Waals surface area contributed by atoms with Crippen molar-refractivity contribution in [1.82, 2.24) is 25.3 Å². The van der Waals surface area contributed by atoms with E-state index in [4.69, 9.17) is 33.2 Å². The van der Waals surface area contributed by atoms with Crippen molar-refractivity contribution in [2.75, 3.05) is 39.3 Å². The largest absolute Gasteiger partial charge is 0.492 e. The number of alkyl carbamates (subject to hydrolysis) is 1. The van der Waals surface area contributed by atoms with Crippen molar-refractivity contribution >= 4 is 65.1 Å². The molecule has 0 unspecified atom stereocenters. The van der Waals surface area contributed by atoms with Crippen LogP contribution in [0.1, 0.15) is 169 Å². The van der Waals surface area contributed by atoms with Gasteiger partial charge < -0.3 is 38.5 Å². The number of nitrogens with one attached hydrogen (secondary N) is 2. The van der Waals surface area contributed by atoms with Crippen LogP contribution in [0, 0.1) is 0 Å². The van der Waals surface area contributed by atoms with E-state index in [0.29, 0.717) is 63.3 Å². The highest BCUT2D eigenvalue weighted by Gasteiger charge is 2.36. The molecule has 1 aliphatic heterocycles. The molecule has 0 fully saturated rings. The van der Waals surface area contributed by atoms with Crippen LogP contribution in [0.25, 0.3) is 10.8 Å². The quantitative estimate of drug-likeness (QED) is 0.0821. The predicted molar refractivity (Wildman–Crippen MR) is 292 cm³/mol. The second-order valence-corrected chi connectivity index (χ2v) is 24.2. The smallest absolute Gasteiger partial charge is 0.437 e. The molecule has 1 aliphatic rings. The molecule has 0 radical (unpaired) electrons. The molecule has 0 atom stereocenters. The standard InChI is InChI=1S/C55H86N8O13/c1-50(2,3)71-44(64)58-42(59-45(65)72-51(4,5)6)57-29-22-20-19-21-23-31-62(48(68)75-54(13,14)15)43(60-46(66)73-52(7,8)9)63(49(69)76-55(16,17)18)33-34-70-40-28-27-37-35-39(26-25-38(37)36-40)41-56-30-24-32-61(41)47(67)74-53(10,11)12/h25-28,35-36H,19-24,29-34H2,1-18H3,(H2,57,58,59,64,65)/b60-43-. The minimum Gasteiger partial charge on any atom is -0.492 e. The van der Waals surface area contributed by atoms with E-state index in [1.54, 1.807) is 115 Å². The molecule has 1 heterocycles. The summed E-state index contributed by atoms with van der Waals surface area (Å²) in [6, 6.07) is 11.2. The van der Waals surface area contributed by atoms with E-state index in [0.717, 1.165) is 32.6 Å². The molecule has 76 heavy (non-hydrogen) atoms. The average molecular weight is 1070 g/mol. The molecule has 0 saturated carbocycles. The number of guanidine groups is 2. The lowest BCUT2D eigenvalue weighted by molar-refractivity contribution is 0.0257. The molecule has 6 amide bonds. The third kappa shape index (κ3) is 24.8. The second-order valence-electron chi connectivity index (χ2n) is 24.2. The van der Waals surface area contributed by atoms with Gasteiger partial charge in [-0.25, -0.2) is 38.6 Å². The summed E-state index contributed by atoms with van der Waals surface area (Å²) in [7, 11) is 0. The van der Waals surface area contributed by atoms with Crippen molar-refractivity contribution in [3.63, 3.8) is 0 Å². The Bertz CT molecular complexity index is 2430. The van der Waals surface area contributed by atoms with Gasteiger partial charge in [0.2, 0.25) is 11.9 Å². The highest BCUT2D eigenvalue weighted by Crippen LogP contribution is 2.26.